The first-order valence-corrected chi connectivity index (χ1v) is 12.9. The fourth-order valence-corrected chi connectivity index (χ4v) is 9.27. The molecule has 0 N–H and O–H groups in total. The maximum absolute atomic E-state index is 5.02. The van der Waals surface area contributed by atoms with Crippen molar-refractivity contribution in [2.75, 3.05) is 12.3 Å². The molecule has 2 rings (SSSR count). The molecule has 0 fully saturated rings. The number of benzene rings is 2. The molecule has 21 heavy (non-hydrogen) atoms. The van der Waals surface area contributed by atoms with E-state index in [9.17, 15) is 0 Å². The van der Waals surface area contributed by atoms with Gasteiger partial charge >= 0.3 is 142 Å². The van der Waals surface area contributed by atoms with Gasteiger partial charge in [0.1, 0.15) is 0 Å². The van der Waals surface area contributed by atoms with Crippen LogP contribution in [0.5, 0.6) is 0 Å². The Bertz CT molecular complexity index is 546. The number of hydrogen-bond acceptors (Lipinski definition) is 1. The Morgan fingerprint density at radius 2 is 1.14 bits per heavy atom. The third-order valence-electron chi connectivity index (χ3n) is 3.86. The first kappa shape index (κ1) is 17.1. The first-order chi connectivity index (χ1) is 9.98. The van der Waals surface area contributed by atoms with Gasteiger partial charge in [0.15, 0.2) is 0 Å². The van der Waals surface area contributed by atoms with Crippen LogP contribution in [-0.4, -0.2) is 27.4 Å². The molecule has 0 nitrogen and oxygen atoms in total. The molecule has 0 radical (unpaired) electrons. The van der Waals surface area contributed by atoms with Crippen molar-refractivity contribution in [2.45, 2.75) is 25.7 Å². The monoisotopic (exact) mass is 382 g/mol. The number of rotatable bonds is 6. The summed E-state index contributed by atoms with van der Waals surface area (Å²) in [6.07, 6.45) is 2.30. The van der Waals surface area contributed by atoms with Crippen LogP contribution in [0.3, 0.4) is 0 Å². The maximum atomic E-state index is 5.02. The average molecular weight is 381 g/mol. The van der Waals surface area contributed by atoms with Crippen LogP contribution < -0.4 is 0 Å². The van der Waals surface area contributed by atoms with Gasteiger partial charge < -0.3 is 0 Å². The van der Waals surface area contributed by atoms with Crippen molar-refractivity contribution in [3.8, 4) is 0 Å². The predicted octanol–water partition coefficient (Wildman–Crippen LogP) is 5.54. The Morgan fingerprint density at radius 3 is 1.48 bits per heavy atom. The van der Waals surface area contributed by atoms with Crippen molar-refractivity contribution >= 4 is 32.1 Å². The SMILES string of the molecule is CC(CP(S)(=[Se])CC(C)c1ccccc1)c1ccccc1. The van der Waals surface area contributed by atoms with E-state index < -0.39 is 4.71 Å². The Labute approximate surface area is 141 Å². The molecule has 0 aliphatic heterocycles. The zero-order chi connectivity index (χ0) is 15.3. The summed E-state index contributed by atoms with van der Waals surface area (Å²) in [6.45, 7) is 4.62. The van der Waals surface area contributed by atoms with Gasteiger partial charge in [-0.05, 0) is 0 Å². The summed E-state index contributed by atoms with van der Waals surface area (Å²) < 4.78 is -1.32. The van der Waals surface area contributed by atoms with Gasteiger partial charge in [-0.25, -0.2) is 0 Å². The van der Waals surface area contributed by atoms with Crippen LogP contribution in [0.15, 0.2) is 60.7 Å². The fourth-order valence-electron chi connectivity index (χ4n) is 2.70. The molecular formula is C18H23PSSe. The second-order valence-electron chi connectivity index (χ2n) is 5.83. The summed E-state index contributed by atoms with van der Waals surface area (Å²) in [4.78, 5) is 0. The van der Waals surface area contributed by atoms with Gasteiger partial charge in [-0.3, -0.25) is 0 Å². The summed E-state index contributed by atoms with van der Waals surface area (Å²) in [5.74, 6) is 1.11. The molecule has 0 saturated heterocycles. The predicted molar refractivity (Wildman–Crippen MR) is 101 cm³/mol. The minimum atomic E-state index is -1.32. The van der Waals surface area contributed by atoms with E-state index in [-0.39, 0.29) is 0 Å². The summed E-state index contributed by atoms with van der Waals surface area (Å²) in [6, 6.07) is 21.5. The average Bonchev–Trinajstić information content (AvgIpc) is 2.48. The molecular weight excluding hydrogens is 358 g/mol. The third-order valence-corrected chi connectivity index (χ3v) is 8.95. The van der Waals surface area contributed by atoms with Gasteiger partial charge in [0, 0.05) is 0 Å². The van der Waals surface area contributed by atoms with E-state index in [1.807, 2.05) is 0 Å². The Hall–Kier alpha value is -0.261. The molecule has 0 bridgehead atoms. The van der Waals surface area contributed by atoms with Crippen molar-refractivity contribution in [2.24, 2.45) is 0 Å². The molecule has 2 aromatic carbocycles. The van der Waals surface area contributed by atoms with Crippen LogP contribution >= 0.6 is 17.0 Å². The van der Waals surface area contributed by atoms with E-state index in [1.165, 1.54) is 11.1 Å². The van der Waals surface area contributed by atoms with E-state index in [2.05, 4.69) is 89.6 Å². The standard InChI is InChI=1S/C18H23PSSe/c1-15(17-9-5-3-6-10-17)13-19(20,21)14-16(2)18-11-7-4-8-12-18/h3-12,15-16H,13-14H2,1-2H3,(H,20,21). The molecule has 2 aromatic rings. The van der Waals surface area contributed by atoms with Crippen LogP contribution in [0, 0.1) is 0 Å². The van der Waals surface area contributed by atoms with Gasteiger partial charge in [0.25, 0.3) is 0 Å². The second kappa shape index (κ2) is 7.84. The Morgan fingerprint density at radius 1 is 0.810 bits per heavy atom. The Kier molecular flexibility index (Phi) is 6.38. The summed E-state index contributed by atoms with van der Waals surface area (Å²) in [5, 5.41) is 0. The molecule has 0 aliphatic rings. The van der Waals surface area contributed by atoms with Crippen LogP contribution in [0.2, 0.25) is 0 Å². The van der Waals surface area contributed by atoms with E-state index in [1.54, 1.807) is 0 Å². The topological polar surface area (TPSA) is 0 Å². The fraction of sp³-hybridized carbons (Fsp3) is 0.333. The minimum absolute atomic E-state index is 0.557. The second-order valence-corrected chi connectivity index (χ2v) is 16.8. The Balaban J connectivity index is 2.00. The van der Waals surface area contributed by atoms with E-state index >= 15 is 0 Å². The van der Waals surface area contributed by atoms with E-state index in [0.717, 1.165) is 12.3 Å². The van der Waals surface area contributed by atoms with E-state index in [0.29, 0.717) is 11.8 Å². The van der Waals surface area contributed by atoms with Gasteiger partial charge in [0.2, 0.25) is 0 Å². The zero-order valence-corrected chi connectivity index (χ0v) is 16.1. The third kappa shape index (κ3) is 5.46. The first-order valence-electron chi connectivity index (χ1n) is 7.38. The van der Waals surface area contributed by atoms with Gasteiger partial charge in [0.05, 0.1) is 0 Å². The molecule has 0 amide bonds. The molecule has 0 aliphatic carbocycles. The molecule has 0 heterocycles. The number of thiol groups is 1. The van der Waals surface area contributed by atoms with Crippen molar-refractivity contribution < 1.29 is 0 Å². The van der Waals surface area contributed by atoms with Crippen molar-refractivity contribution in [1.29, 1.82) is 0 Å². The van der Waals surface area contributed by atoms with Crippen LogP contribution in [0.25, 0.3) is 0 Å². The summed E-state index contributed by atoms with van der Waals surface area (Å²) in [7, 11) is 0. The zero-order valence-electron chi connectivity index (χ0n) is 12.6. The van der Waals surface area contributed by atoms with Crippen molar-refractivity contribution in [1.82, 2.24) is 0 Å². The summed E-state index contributed by atoms with van der Waals surface area (Å²) in [5.41, 5.74) is 2.83. The van der Waals surface area contributed by atoms with Gasteiger partial charge in [-0.2, -0.15) is 0 Å². The molecule has 0 saturated carbocycles. The summed E-state index contributed by atoms with van der Waals surface area (Å²) >= 11 is 8.45. The normalized spacial score (nSPS) is 16.9. The molecule has 2 atom stereocenters. The van der Waals surface area contributed by atoms with Gasteiger partial charge in [-0.1, -0.05) is 0 Å². The van der Waals surface area contributed by atoms with Crippen LogP contribution in [0.1, 0.15) is 36.8 Å². The van der Waals surface area contributed by atoms with Crippen molar-refractivity contribution in [3.63, 3.8) is 0 Å². The molecule has 2 unspecified atom stereocenters. The number of hydrogen-bond donors (Lipinski definition) is 1. The quantitative estimate of drug-likeness (QED) is 0.379. The van der Waals surface area contributed by atoms with Crippen molar-refractivity contribution in [3.05, 3.63) is 71.8 Å². The van der Waals surface area contributed by atoms with Crippen LogP contribution in [-0.2, 0) is 0 Å². The van der Waals surface area contributed by atoms with E-state index in [4.69, 9.17) is 12.2 Å². The molecule has 3 heteroatoms. The van der Waals surface area contributed by atoms with Crippen LogP contribution in [0.4, 0.5) is 0 Å². The van der Waals surface area contributed by atoms with Gasteiger partial charge in [-0.15, -0.1) is 0 Å². The molecule has 112 valence electrons. The molecule has 0 spiro atoms. The molecule has 0 aromatic heterocycles.